The molecule has 0 saturated carbocycles. The topological polar surface area (TPSA) is 78.0 Å². The van der Waals surface area contributed by atoms with E-state index in [0.717, 1.165) is 5.56 Å². The number of rotatable bonds is 5. The fourth-order valence-electron chi connectivity index (χ4n) is 1.57. The molecule has 3 N–H and O–H groups in total. The molecule has 1 atom stereocenters. The third-order valence-corrected chi connectivity index (χ3v) is 2.40. The van der Waals surface area contributed by atoms with Gasteiger partial charge in [0.05, 0.1) is 0 Å². The summed E-state index contributed by atoms with van der Waals surface area (Å²) in [5.74, 6) is -0.356. The van der Waals surface area contributed by atoms with E-state index in [-0.39, 0.29) is 0 Å². The Balaban J connectivity index is 2.06. The molecule has 0 spiro atoms. The maximum Gasteiger partial charge on any atom is 0.326 e. The van der Waals surface area contributed by atoms with Crippen molar-refractivity contribution in [3.05, 3.63) is 48.2 Å². The lowest BCUT2D eigenvalue weighted by atomic mass is 10.1. The van der Waals surface area contributed by atoms with Crippen LogP contribution in [0.1, 0.15) is 5.56 Å². The van der Waals surface area contributed by atoms with Crippen LogP contribution in [0.25, 0.3) is 0 Å². The van der Waals surface area contributed by atoms with Crippen molar-refractivity contribution in [3.63, 3.8) is 0 Å². The quantitative estimate of drug-likeness (QED) is 0.729. The second kappa shape index (κ2) is 5.16. The predicted octanol–water partition coefficient (Wildman–Crippen LogP) is 1.52. The van der Waals surface area contributed by atoms with Crippen molar-refractivity contribution in [2.24, 2.45) is 0 Å². The number of nitrogens with zero attached hydrogens (tertiary/aromatic N) is 1. The van der Waals surface area contributed by atoms with Gasteiger partial charge in [0.25, 0.3) is 0 Å². The summed E-state index contributed by atoms with van der Waals surface area (Å²) in [5, 5.41) is 18.5. The lowest BCUT2D eigenvalue weighted by Gasteiger charge is -2.13. The summed E-state index contributed by atoms with van der Waals surface area (Å²) in [7, 11) is 0. The molecule has 88 valence electrons. The Morgan fingerprint density at radius 1 is 1.35 bits per heavy atom. The molecular weight excluding hydrogens is 218 g/mol. The van der Waals surface area contributed by atoms with Crippen molar-refractivity contribution in [1.29, 1.82) is 0 Å². The van der Waals surface area contributed by atoms with Gasteiger partial charge in [-0.2, -0.15) is 5.10 Å². The van der Waals surface area contributed by atoms with Crippen LogP contribution in [0.15, 0.2) is 42.6 Å². The average Bonchev–Trinajstić information content (AvgIpc) is 2.82. The molecule has 0 aliphatic heterocycles. The molecule has 0 saturated heterocycles. The lowest BCUT2D eigenvalue weighted by Crippen LogP contribution is -2.31. The van der Waals surface area contributed by atoms with E-state index in [1.54, 1.807) is 12.3 Å². The maximum atomic E-state index is 11.1. The fraction of sp³-hybridized carbons (Fsp3) is 0.167. The Bertz CT molecular complexity index is 468. The van der Waals surface area contributed by atoms with Crippen molar-refractivity contribution in [3.8, 4) is 0 Å². The molecule has 5 nitrogen and oxygen atoms in total. The molecule has 5 heteroatoms. The lowest BCUT2D eigenvalue weighted by molar-refractivity contribution is -0.137. The van der Waals surface area contributed by atoms with Gasteiger partial charge in [-0.15, -0.1) is 0 Å². The Morgan fingerprint density at radius 3 is 2.71 bits per heavy atom. The van der Waals surface area contributed by atoms with Crippen LogP contribution in [0, 0.1) is 0 Å². The zero-order valence-corrected chi connectivity index (χ0v) is 9.13. The van der Waals surface area contributed by atoms with Crippen LogP contribution in [0.3, 0.4) is 0 Å². The van der Waals surface area contributed by atoms with Gasteiger partial charge in [-0.1, -0.05) is 30.3 Å². The van der Waals surface area contributed by atoms with Crippen molar-refractivity contribution in [1.82, 2.24) is 10.2 Å². The summed E-state index contributed by atoms with van der Waals surface area (Å²) >= 11 is 0. The molecule has 2 rings (SSSR count). The second-order valence-electron chi connectivity index (χ2n) is 3.68. The Morgan fingerprint density at radius 2 is 2.12 bits per heavy atom. The molecule has 0 radical (unpaired) electrons. The Labute approximate surface area is 98.5 Å². The number of hydrogen-bond donors (Lipinski definition) is 3. The third kappa shape index (κ3) is 3.07. The monoisotopic (exact) mass is 231 g/mol. The zero-order chi connectivity index (χ0) is 12.1. The van der Waals surface area contributed by atoms with E-state index in [9.17, 15) is 4.79 Å². The summed E-state index contributed by atoms with van der Waals surface area (Å²) in [6, 6.07) is 10.5. The van der Waals surface area contributed by atoms with Gasteiger partial charge in [-0.05, 0) is 11.6 Å². The number of carboxylic acid groups (broad SMARTS) is 1. The minimum atomic E-state index is -0.892. The predicted molar refractivity (Wildman–Crippen MR) is 63.8 cm³/mol. The van der Waals surface area contributed by atoms with Gasteiger partial charge >= 0.3 is 5.97 Å². The molecule has 0 aliphatic rings. The van der Waals surface area contributed by atoms with Gasteiger partial charge in [-0.3, -0.25) is 5.10 Å². The van der Waals surface area contributed by atoms with E-state index >= 15 is 0 Å². The molecule has 17 heavy (non-hydrogen) atoms. The summed E-state index contributed by atoms with van der Waals surface area (Å²) in [6.07, 6.45) is 2.06. The number of aromatic amines is 1. The Hall–Kier alpha value is -2.30. The van der Waals surface area contributed by atoms with Gasteiger partial charge < -0.3 is 10.4 Å². The van der Waals surface area contributed by atoms with Crippen molar-refractivity contribution in [2.75, 3.05) is 5.32 Å². The van der Waals surface area contributed by atoms with Gasteiger partial charge in [0.1, 0.15) is 11.9 Å². The maximum absolute atomic E-state index is 11.1. The highest BCUT2D eigenvalue weighted by Crippen LogP contribution is 2.08. The number of H-pyrrole nitrogens is 1. The van der Waals surface area contributed by atoms with E-state index < -0.39 is 12.0 Å². The van der Waals surface area contributed by atoms with Crippen LogP contribution in [0.4, 0.5) is 5.82 Å². The molecule has 1 aromatic carbocycles. The van der Waals surface area contributed by atoms with E-state index in [2.05, 4.69) is 15.5 Å². The van der Waals surface area contributed by atoms with Crippen LogP contribution in [0.5, 0.6) is 0 Å². The minimum absolute atomic E-state index is 0.420. The highest BCUT2D eigenvalue weighted by molar-refractivity contribution is 5.77. The number of anilines is 1. The highest BCUT2D eigenvalue weighted by atomic mass is 16.4. The summed E-state index contributed by atoms with van der Waals surface area (Å²) in [6.45, 7) is 0. The van der Waals surface area contributed by atoms with Crippen molar-refractivity contribution in [2.45, 2.75) is 12.5 Å². The number of aliphatic carboxylic acids is 1. The van der Waals surface area contributed by atoms with E-state index in [0.29, 0.717) is 12.2 Å². The number of carbonyl (C=O) groups is 1. The van der Waals surface area contributed by atoms with Gasteiger partial charge in [0, 0.05) is 12.6 Å². The minimum Gasteiger partial charge on any atom is -0.480 e. The molecule has 2 aromatic rings. The molecule has 0 aliphatic carbocycles. The van der Waals surface area contributed by atoms with Crippen LogP contribution >= 0.6 is 0 Å². The summed E-state index contributed by atoms with van der Waals surface area (Å²) in [5.41, 5.74) is 0.975. The molecule has 1 heterocycles. The Kier molecular flexibility index (Phi) is 3.40. The standard InChI is InChI=1S/C12H13N3O2/c16-12(17)10(14-11-6-7-13-15-11)8-9-4-2-1-3-5-9/h1-7,10H,8H2,(H,16,17)(H2,13,14,15)/t10-/m0/s1. The second-order valence-corrected chi connectivity index (χ2v) is 3.68. The van der Waals surface area contributed by atoms with Gasteiger partial charge in [-0.25, -0.2) is 4.79 Å². The number of benzene rings is 1. The van der Waals surface area contributed by atoms with Gasteiger partial charge in [0.2, 0.25) is 0 Å². The van der Waals surface area contributed by atoms with Gasteiger partial charge in [0.15, 0.2) is 0 Å². The van der Waals surface area contributed by atoms with Crippen LogP contribution in [-0.2, 0) is 11.2 Å². The molecule has 0 fully saturated rings. The normalized spacial score (nSPS) is 12.0. The molecule has 0 unspecified atom stereocenters. The number of hydrogen-bond acceptors (Lipinski definition) is 3. The van der Waals surface area contributed by atoms with Crippen LogP contribution in [-0.4, -0.2) is 27.3 Å². The zero-order valence-electron chi connectivity index (χ0n) is 9.13. The van der Waals surface area contributed by atoms with Crippen LogP contribution < -0.4 is 5.32 Å². The smallest absolute Gasteiger partial charge is 0.326 e. The first-order chi connectivity index (χ1) is 8.25. The largest absolute Gasteiger partial charge is 0.480 e. The van der Waals surface area contributed by atoms with E-state index in [1.165, 1.54) is 0 Å². The first-order valence-electron chi connectivity index (χ1n) is 5.29. The van der Waals surface area contributed by atoms with E-state index in [4.69, 9.17) is 5.11 Å². The van der Waals surface area contributed by atoms with Crippen LogP contribution in [0.2, 0.25) is 0 Å². The van der Waals surface area contributed by atoms with Crippen molar-refractivity contribution >= 4 is 11.8 Å². The average molecular weight is 231 g/mol. The number of aromatic nitrogens is 2. The number of carboxylic acids is 1. The molecule has 0 amide bonds. The SMILES string of the molecule is O=C(O)[C@H](Cc1ccccc1)Nc1cc[nH]n1. The molecular formula is C12H13N3O2. The first kappa shape index (κ1) is 11.2. The van der Waals surface area contributed by atoms with Crippen molar-refractivity contribution < 1.29 is 9.90 Å². The molecule has 0 bridgehead atoms. The summed E-state index contributed by atoms with van der Waals surface area (Å²) < 4.78 is 0. The van der Waals surface area contributed by atoms with E-state index in [1.807, 2.05) is 30.3 Å². The third-order valence-electron chi connectivity index (χ3n) is 2.40. The summed E-state index contributed by atoms with van der Waals surface area (Å²) in [4.78, 5) is 11.1. The first-order valence-corrected chi connectivity index (χ1v) is 5.29. The fourth-order valence-corrected chi connectivity index (χ4v) is 1.57. The highest BCUT2D eigenvalue weighted by Gasteiger charge is 2.18. The number of nitrogens with one attached hydrogen (secondary N) is 2. The molecule has 1 aromatic heterocycles.